The van der Waals surface area contributed by atoms with Crippen molar-refractivity contribution >= 4 is 27.4 Å². The van der Waals surface area contributed by atoms with Gasteiger partial charge in [-0.1, -0.05) is 11.6 Å². The van der Waals surface area contributed by atoms with E-state index in [1.165, 1.54) is 18.3 Å². The molecule has 0 unspecified atom stereocenters. The van der Waals surface area contributed by atoms with Crippen LogP contribution in [-0.2, 0) is 16.2 Å². The zero-order valence-corrected chi connectivity index (χ0v) is 11.8. The van der Waals surface area contributed by atoms with Crippen LogP contribution in [0.1, 0.15) is 5.56 Å². The molecule has 9 heteroatoms. The number of rotatable bonds is 3. The second-order valence-electron chi connectivity index (χ2n) is 3.99. The highest BCUT2D eigenvalue weighted by Crippen LogP contribution is 2.29. The van der Waals surface area contributed by atoms with E-state index < -0.39 is 21.8 Å². The minimum atomic E-state index is -4.52. The first kappa shape index (κ1) is 15.6. The van der Waals surface area contributed by atoms with Crippen molar-refractivity contribution < 1.29 is 21.6 Å². The summed E-state index contributed by atoms with van der Waals surface area (Å²) in [4.78, 5) is 3.44. The molecule has 4 nitrogen and oxygen atoms in total. The molecule has 2 aromatic rings. The van der Waals surface area contributed by atoms with Gasteiger partial charge in [-0.25, -0.2) is 13.4 Å². The Morgan fingerprint density at radius 3 is 2.14 bits per heavy atom. The number of sulfonamides is 1. The third kappa shape index (κ3) is 3.85. The number of pyridine rings is 1. The fraction of sp³-hybridized carbons (Fsp3) is 0.0833. The lowest BCUT2D eigenvalue weighted by Crippen LogP contribution is -2.14. The highest BCUT2D eigenvalue weighted by molar-refractivity contribution is 7.92. The number of aromatic nitrogens is 1. The third-order valence-corrected chi connectivity index (χ3v) is 4.05. The lowest BCUT2D eigenvalue weighted by atomic mass is 10.2. The number of halogens is 4. The van der Waals surface area contributed by atoms with Gasteiger partial charge in [0.15, 0.2) is 0 Å². The van der Waals surface area contributed by atoms with E-state index in [1.54, 1.807) is 0 Å². The Kier molecular flexibility index (Phi) is 4.11. The summed E-state index contributed by atoms with van der Waals surface area (Å²) in [6.45, 7) is 0. The van der Waals surface area contributed by atoms with Gasteiger partial charge in [0.2, 0.25) is 0 Å². The van der Waals surface area contributed by atoms with Crippen LogP contribution in [0.3, 0.4) is 0 Å². The van der Waals surface area contributed by atoms with E-state index in [0.717, 1.165) is 12.1 Å². The normalized spacial score (nSPS) is 12.2. The van der Waals surface area contributed by atoms with Crippen molar-refractivity contribution in [3.8, 4) is 0 Å². The van der Waals surface area contributed by atoms with Crippen LogP contribution in [0, 0.1) is 0 Å². The van der Waals surface area contributed by atoms with Gasteiger partial charge in [-0.05, 0) is 36.4 Å². The lowest BCUT2D eigenvalue weighted by Gasteiger charge is -2.09. The molecule has 1 N–H and O–H groups in total. The number of anilines is 1. The summed E-state index contributed by atoms with van der Waals surface area (Å²) in [6, 6.07) is 5.92. The van der Waals surface area contributed by atoms with Crippen molar-refractivity contribution in [3.05, 3.63) is 53.2 Å². The Morgan fingerprint density at radius 1 is 1.05 bits per heavy atom. The fourth-order valence-electron chi connectivity index (χ4n) is 1.46. The van der Waals surface area contributed by atoms with Crippen molar-refractivity contribution in [1.82, 2.24) is 4.98 Å². The van der Waals surface area contributed by atoms with Gasteiger partial charge in [0, 0.05) is 6.20 Å². The molecule has 0 fully saturated rings. The molecule has 2 rings (SSSR count). The zero-order chi connectivity index (χ0) is 15.7. The average Bonchev–Trinajstić information content (AvgIpc) is 2.40. The largest absolute Gasteiger partial charge is 0.416 e. The fourth-order valence-corrected chi connectivity index (χ4v) is 2.58. The molecule has 0 atom stereocenters. The van der Waals surface area contributed by atoms with Crippen LogP contribution in [0.25, 0.3) is 0 Å². The van der Waals surface area contributed by atoms with Crippen molar-refractivity contribution in [2.45, 2.75) is 11.1 Å². The van der Waals surface area contributed by atoms with Crippen LogP contribution in [-0.4, -0.2) is 13.4 Å². The summed E-state index contributed by atoms with van der Waals surface area (Å²) >= 11 is 5.61. The standard InChI is InChI=1S/C12H8ClF3N2O2S/c13-9-3-6-11(17-7-9)18-21(19,20)10-4-1-8(2-5-10)12(14,15)16/h1-7H,(H,17,18). The maximum atomic E-state index is 12.4. The molecule has 0 bridgehead atoms. The van der Waals surface area contributed by atoms with E-state index in [-0.39, 0.29) is 10.7 Å². The molecule has 0 aliphatic heterocycles. The zero-order valence-electron chi connectivity index (χ0n) is 10.2. The van der Waals surface area contributed by atoms with E-state index in [4.69, 9.17) is 11.6 Å². The topological polar surface area (TPSA) is 59.1 Å². The number of hydrogen-bond acceptors (Lipinski definition) is 3. The molecule has 0 amide bonds. The van der Waals surface area contributed by atoms with E-state index in [0.29, 0.717) is 17.2 Å². The number of nitrogens with one attached hydrogen (secondary N) is 1. The van der Waals surface area contributed by atoms with E-state index in [9.17, 15) is 21.6 Å². The maximum absolute atomic E-state index is 12.4. The van der Waals surface area contributed by atoms with Crippen molar-refractivity contribution in [2.24, 2.45) is 0 Å². The van der Waals surface area contributed by atoms with E-state index >= 15 is 0 Å². The first-order chi connectivity index (χ1) is 9.68. The van der Waals surface area contributed by atoms with Gasteiger partial charge < -0.3 is 0 Å². The van der Waals surface area contributed by atoms with Gasteiger partial charge in [-0.15, -0.1) is 0 Å². The van der Waals surface area contributed by atoms with Gasteiger partial charge in [0.05, 0.1) is 15.5 Å². The Hall–Kier alpha value is -1.80. The third-order valence-electron chi connectivity index (χ3n) is 2.46. The Balaban J connectivity index is 2.25. The van der Waals surface area contributed by atoms with E-state index in [1.807, 2.05) is 0 Å². The monoisotopic (exact) mass is 336 g/mol. The molecule has 0 saturated heterocycles. The van der Waals surface area contributed by atoms with Crippen LogP contribution in [0.5, 0.6) is 0 Å². The first-order valence-electron chi connectivity index (χ1n) is 5.50. The van der Waals surface area contributed by atoms with Gasteiger partial charge in [0.25, 0.3) is 10.0 Å². The summed E-state index contributed by atoms with van der Waals surface area (Å²) in [5.74, 6) is 0.0132. The van der Waals surface area contributed by atoms with Gasteiger partial charge >= 0.3 is 6.18 Å². The quantitative estimate of drug-likeness (QED) is 0.932. The average molecular weight is 337 g/mol. The highest BCUT2D eigenvalue weighted by Gasteiger charge is 2.30. The van der Waals surface area contributed by atoms with Crippen LogP contribution in [0.15, 0.2) is 47.5 Å². The molecule has 112 valence electrons. The summed E-state index contributed by atoms with van der Waals surface area (Å²) in [5.41, 5.74) is -0.925. The highest BCUT2D eigenvalue weighted by atomic mass is 35.5. The minimum absolute atomic E-state index is 0.0132. The molecule has 0 spiro atoms. The molecule has 0 saturated carbocycles. The summed E-state index contributed by atoms with van der Waals surface area (Å²) < 4.78 is 63.3. The number of alkyl halides is 3. The summed E-state index contributed by atoms with van der Waals surface area (Å²) in [6.07, 6.45) is -3.28. The maximum Gasteiger partial charge on any atom is 0.416 e. The van der Waals surface area contributed by atoms with Crippen LogP contribution in [0.4, 0.5) is 19.0 Å². The van der Waals surface area contributed by atoms with Crippen molar-refractivity contribution in [3.63, 3.8) is 0 Å². The molecule has 1 heterocycles. The van der Waals surface area contributed by atoms with Crippen LogP contribution in [0.2, 0.25) is 5.02 Å². The molecule has 0 aliphatic carbocycles. The lowest BCUT2D eigenvalue weighted by molar-refractivity contribution is -0.137. The molecule has 1 aromatic carbocycles. The summed E-state index contributed by atoms with van der Waals surface area (Å²) in [7, 11) is -4.01. The Morgan fingerprint density at radius 2 is 1.67 bits per heavy atom. The molecule has 0 aliphatic rings. The van der Waals surface area contributed by atoms with Crippen molar-refractivity contribution in [1.29, 1.82) is 0 Å². The Labute approximate surface area is 123 Å². The number of nitrogens with zero attached hydrogens (tertiary/aromatic N) is 1. The van der Waals surface area contributed by atoms with Gasteiger partial charge in [0.1, 0.15) is 5.82 Å². The molecular formula is C12H8ClF3N2O2S. The smallest absolute Gasteiger partial charge is 0.263 e. The van der Waals surface area contributed by atoms with Crippen molar-refractivity contribution in [2.75, 3.05) is 4.72 Å². The van der Waals surface area contributed by atoms with E-state index in [2.05, 4.69) is 9.71 Å². The SMILES string of the molecule is O=S(=O)(Nc1ccc(Cl)cn1)c1ccc(C(F)(F)F)cc1. The van der Waals surface area contributed by atoms with Crippen LogP contribution >= 0.6 is 11.6 Å². The molecule has 0 radical (unpaired) electrons. The number of hydrogen-bond donors (Lipinski definition) is 1. The predicted molar refractivity (Wildman–Crippen MR) is 71.5 cm³/mol. The number of benzene rings is 1. The summed E-state index contributed by atoms with van der Waals surface area (Å²) in [5, 5.41) is 0.326. The predicted octanol–water partition coefficient (Wildman–Crippen LogP) is 3.55. The first-order valence-corrected chi connectivity index (χ1v) is 7.36. The second kappa shape index (κ2) is 5.53. The van der Waals surface area contributed by atoms with Gasteiger partial charge in [-0.2, -0.15) is 13.2 Å². The minimum Gasteiger partial charge on any atom is -0.263 e. The second-order valence-corrected chi connectivity index (χ2v) is 6.11. The molecule has 21 heavy (non-hydrogen) atoms. The molecular weight excluding hydrogens is 329 g/mol. The molecule has 1 aromatic heterocycles. The van der Waals surface area contributed by atoms with Gasteiger partial charge in [-0.3, -0.25) is 4.72 Å². The Bertz CT molecular complexity index is 729. The van der Waals surface area contributed by atoms with Crippen LogP contribution < -0.4 is 4.72 Å².